The molecule has 0 radical (unpaired) electrons. The Morgan fingerprint density at radius 1 is 1.33 bits per heavy atom. The molecule has 0 saturated heterocycles. The average Bonchev–Trinajstić information content (AvgIpc) is 2.61. The molecule has 1 N–H and O–H groups in total. The summed E-state index contributed by atoms with van der Waals surface area (Å²) in [7, 11) is 0. The van der Waals surface area contributed by atoms with E-state index >= 15 is 0 Å². The minimum Gasteiger partial charge on any atom is -0.392 e. The highest BCUT2D eigenvalue weighted by Crippen LogP contribution is 2.55. The summed E-state index contributed by atoms with van der Waals surface area (Å²) in [5.74, 6) is 2.46. The first kappa shape index (κ1) is 10.1. The van der Waals surface area contributed by atoms with Crippen LogP contribution < -0.4 is 0 Å². The minimum absolute atomic E-state index is 0.146. The van der Waals surface area contributed by atoms with Crippen molar-refractivity contribution < 1.29 is 5.11 Å². The second kappa shape index (κ2) is 3.76. The molecule has 1 nitrogen and oxygen atoms in total. The van der Waals surface area contributed by atoms with Gasteiger partial charge >= 0.3 is 0 Å². The van der Waals surface area contributed by atoms with E-state index in [2.05, 4.69) is 0 Å². The van der Waals surface area contributed by atoms with Gasteiger partial charge in [-0.2, -0.15) is 0 Å². The lowest BCUT2D eigenvalue weighted by Gasteiger charge is -2.18. The Hall–Kier alpha value is -0.0500. The van der Waals surface area contributed by atoms with Crippen molar-refractivity contribution in [3.05, 3.63) is 21.3 Å². The van der Waals surface area contributed by atoms with Crippen LogP contribution in [0.3, 0.4) is 0 Å². The monoisotopic (exact) mass is 242 g/mol. The minimum atomic E-state index is -0.146. The summed E-state index contributed by atoms with van der Waals surface area (Å²) in [5.41, 5.74) is 0. The van der Waals surface area contributed by atoms with Gasteiger partial charge in [0.25, 0.3) is 0 Å². The summed E-state index contributed by atoms with van der Waals surface area (Å²) in [6.45, 7) is 0. The molecule has 2 aliphatic carbocycles. The Labute approximate surface area is 99.1 Å². The van der Waals surface area contributed by atoms with Crippen LogP contribution in [0.4, 0.5) is 0 Å². The van der Waals surface area contributed by atoms with Crippen LogP contribution in [0.2, 0.25) is 4.34 Å². The van der Waals surface area contributed by atoms with Gasteiger partial charge in [-0.3, -0.25) is 0 Å². The van der Waals surface area contributed by atoms with Crippen LogP contribution in [-0.4, -0.2) is 11.2 Å². The third-order valence-corrected chi connectivity index (χ3v) is 5.12. The zero-order chi connectivity index (χ0) is 10.4. The van der Waals surface area contributed by atoms with Crippen LogP contribution in [0.5, 0.6) is 0 Å². The molecular formula is C12H15ClOS. The largest absolute Gasteiger partial charge is 0.392 e. The van der Waals surface area contributed by atoms with Crippen LogP contribution in [0.1, 0.15) is 24.1 Å². The third kappa shape index (κ3) is 2.08. The van der Waals surface area contributed by atoms with Crippen molar-refractivity contribution in [1.29, 1.82) is 0 Å². The zero-order valence-corrected chi connectivity index (χ0v) is 10.1. The summed E-state index contributed by atoms with van der Waals surface area (Å²) in [6, 6.07) is 3.95. The fourth-order valence-corrected chi connectivity index (χ4v) is 4.05. The first-order chi connectivity index (χ1) is 7.22. The van der Waals surface area contributed by atoms with Gasteiger partial charge in [-0.25, -0.2) is 0 Å². The van der Waals surface area contributed by atoms with Crippen molar-refractivity contribution in [2.45, 2.75) is 31.8 Å². The number of aliphatic hydroxyl groups is 1. The van der Waals surface area contributed by atoms with Crippen molar-refractivity contribution in [1.82, 2.24) is 0 Å². The van der Waals surface area contributed by atoms with Gasteiger partial charge in [0, 0.05) is 11.3 Å². The van der Waals surface area contributed by atoms with E-state index in [4.69, 9.17) is 11.6 Å². The molecule has 0 aromatic carbocycles. The van der Waals surface area contributed by atoms with E-state index in [0.717, 1.165) is 22.6 Å². The second-order valence-electron chi connectivity index (χ2n) is 4.96. The molecule has 3 atom stereocenters. The Kier molecular flexibility index (Phi) is 2.54. The number of hydrogen-bond acceptors (Lipinski definition) is 2. The molecule has 0 bridgehead atoms. The van der Waals surface area contributed by atoms with Crippen LogP contribution in [0, 0.1) is 17.8 Å². The first-order valence-electron chi connectivity index (χ1n) is 5.64. The predicted octanol–water partition coefficient (Wildman–Crippen LogP) is 3.35. The van der Waals surface area contributed by atoms with E-state index in [1.165, 1.54) is 24.1 Å². The third-order valence-electron chi connectivity index (χ3n) is 3.86. The van der Waals surface area contributed by atoms with Crippen molar-refractivity contribution in [2.75, 3.05) is 0 Å². The normalized spacial score (nSPS) is 35.2. The van der Waals surface area contributed by atoms with Crippen molar-refractivity contribution >= 4 is 22.9 Å². The maximum atomic E-state index is 10.1. The SMILES string of the molecule is OC(Cc1ccc(Cl)s1)C1CC2CC2C1. The Balaban J connectivity index is 1.58. The fourth-order valence-electron chi connectivity index (χ4n) is 2.91. The molecule has 3 heteroatoms. The molecule has 1 aromatic rings. The fraction of sp³-hybridized carbons (Fsp3) is 0.667. The molecule has 1 heterocycles. The van der Waals surface area contributed by atoms with Gasteiger partial charge in [-0.05, 0) is 49.1 Å². The van der Waals surface area contributed by atoms with Gasteiger partial charge in [0.15, 0.2) is 0 Å². The highest BCUT2D eigenvalue weighted by molar-refractivity contribution is 7.16. The molecule has 15 heavy (non-hydrogen) atoms. The number of fused-ring (bicyclic) bond motifs is 1. The van der Waals surface area contributed by atoms with Gasteiger partial charge in [0.05, 0.1) is 10.4 Å². The molecule has 2 fully saturated rings. The lowest BCUT2D eigenvalue weighted by atomic mass is 9.94. The summed E-state index contributed by atoms with van der Waals surface area (Å²) in [6.07, 6.45) is 4.58. The topological polar surface area (TPSA) is 20.2 Å². The summed E-state index contributed by atoms with van der Waals surface area (Å²) >= 11 is 7.46. The van der Waals surface area contributed by atoms with Crippen molar-refractivity contribution in [2.24, 2.45) is 17.8 Å². The molecule has 2 saturated carbocycles. The molecule has 82 valence electrons. The number of halogens is 1. The van der Waals surface area contributed by atoms with E-state index in [-0.39, 0.29) is 6.10 Å². The zero-order valence-electron chi connectivity index (χ0n) is 8.53. The summed E-state index contributed by atoms with van der Waals surface area (Å²) in [4.78, 5) is 1.22. The number of thiophene rings is 1. The van der Waals surface area contributed by atoms with E-state index in [1.54, 1.807) is 11.3 Å². The Morgan fingerprint density at radius 2 is 2.07 bits per heavy atom. The average molecular weight is 243 g/mol. The molecule has 0 amide bonds. The quantitative estimate of drug-likeness (QED) is 0.862. The van der Waals surface area contributed by atoms with Crippen molar-refractivity contribution in [3.63, 3.8) is 0 Å². The van der Waals surface area contributed by atoms with Gasteiger partial charge < -0.3 is 5.11 Å². The molecule has 2 aliphatic rings. The Bertz CT molecular complexity index is 352. The summed E-state index contributed by atoms with van der Waals surface area (Å²) < 4.78 is 0.825. The predicted molar refractivity (Wildman–Crippen MR) is 63.4 cm³/mol. The first-order valence-corrected chi connectivity index (χ1v) is 6.84. The van der Waals surface area contributed by atoms with E-state index in [1.807, 2.05) is 12.1 Å². The molecule has 0 aliphatic heterocycles. The Morgan fingerprint density at radius 3 is 2.67 bits per heavy atom. The molecule has 3 unspecified atom stereocenters. The smallest absolute Gasteiger partial charge is 0.0931 e. The highest BCUT2D eigenvalue weighted by atomic mass is 35.5. The molecule has 3 rings (SSSR count). The standard InChI is InChI=1S/C12H15ClOS/c13-12-2-1-10(15-12)6-11(14)9-4-7-3-8(7)5-9/h1-2,7-9,11,14H,3-6H2. The maximum absolute atomic E-state index is 10.1. The van der Waals surface area contributed by atoms with E-state index < -0.39 is 0 Å². The molecular weight excluding hydrogens is 228 g/mol. The number of rotatable bonds is 3. The van der Waals surface area contributed by atoms with Crippen LogP contribution >= 0.6 is 22.9 Å². The maximum Gasteiger partial charge on any atom is 0.0931 e. The highest BCUT2D eigenvalue weighted by Gasteiger charge is 2.47. The van der Waals surface area contributed by atoms with E-state index in [9.17, 15) is 5.11 Å². The van der Waals surface area contributed by atoms with Gasteiger partial charge in [0.2, 0.25) is 0 Å². The van der Waals surface area contributed by atoms with Gasteiger partial charge in [0.1, 0.15) is 0 Å². The van der Waals surface area contributed by atoms with Gasteiger partial charge in [-0.15, -0.1) is 11.3 Å². The second-order valence-corrected chi connectivity index (χ2v) is 6.76. The van der Waals surface area contributed by atoms with Crippen LogP contribution in [-0.2, 0) is 6.42 Å². The van der Waals surface area contributed by atoms with Gasteiger partial charge in [-0.1, -0.05) is 11.6 Å². The van der Waals surface area contributed by atoms with Crippen molar-refractivity contribution in [3.8, 4) is 0 Å². The van der Waals surface area contributed by atoms with Crippen LogP contribution in [0.25, 0.3) is 0 Å². The van der Waals surface area contributed by atoms with Crippen LogP contribution in [0.15, 0.2) is 12.1 Å². The number of hydrogen-bond donors (Lipinski definition) is 1. The summed E-state index contributed by atoms with van der Waals surface area (Å²) in [5, 5.41) is 10.1. The number of aliphatic hydroxyl groups excluding tert-OH is 1. The molecule has 1 aromatic heterocycles. The lowest BCUT2D eigenvalue weighted by molar-refractivity contribution is 0.105. The molecule has 0 spiro atoms. The van der Waals surface area contributed by atoms with E-state index in [0.29, 0.717) is 5.92 Å². The lowest BCUT2D eigenvalue weighted by Crippen LogP contribution is -2.21.